The minimum atomic E-state index is 0.656. The van der Waals surface area contributed by atoms with Crippen molar-refractivity contribution in [1.29, 1.82) is 0 Å². The van der Waals surface area contributed by atoms with E-state index in [9.17, 15) is 0 Å². The van der Waals surface area contributed by atoms with Crippen molar-refractivity contribution in [2.24, 2.45) is 0 Å². The first-order chi connectivity index (χ1) is 10.9. The summed E-state index contributed by atoms with van der Waals surface area (Å²) in [5.74, 6) is 0. The molecule has 0 aliphatic carbocycles. The molecule has 4 aromatic heterocycles. The van der Waals surface area contributed by atoms with E-state index in [4.69, 9.17) is 4.42 Å². The largest absolute Gasteiger partial charge is 0.435 e. The maximum absolute atomic E-state index is 6.07. The van der Waals surface area contributed by atoms with E-state index in [1.54, 1.807) is 6.33 Å². The lowest BCUT2D eigenvalue weighted by Gasteiger charge is -2.07. The predicted octanol–water partition coefficient (Wildman–Crippen LogP) is 4.37. The fourth-order valence-electron chi connectivity index (χ4n) is 3.62. The first kappa shape index (κ1) is 10.6. The van der Waals surface area contributed by atoms with Crippen LogP contribution in [0, 0.1) is 0 Å². The minimum Gasteiger partial charge on any atom is -0.435 e. The van der Waals surface area contributed by atoms with Gasteiger partial charge in [-0.15, -0.1) is 0 Å². The Kier molecular flexibility index (Phi) is 1.61. The number of para-hydroxylation sites is 2. The van der Waals surface area contributed by atoms with E-state index in [0.717, 1.165) is 43.8 Å². The van der Waals surface area contributed by atoms with Crippen LogP contribution < -0.4 is 0 Å². The van der Waals surface area contributed by atoms with Crippen molar-refractivity contribution in [3.63, 3.8) is 0 Å². The number of fused-ring (bicyclic) bond motifs is 6. The van der Waals surface area contributed by atoms with Gasteiger partial charge < -0.3 is 8.82 Å². The molecule has 0 bridgehead atoms. The number of furan rings is 1. The van der Waals surface area contributed by atoms with E-state index in [1.165, 1.54) is 0 Å². The highest BCUT2D eigenvalue weighted by atomic mass is 16.3. The Morgan fingerprint density at radius 3 is 2.41 bits per heavy atom. The smallest absolute Gasteiger partial charge is 0.232 e. The number of pyridine rings is 1. The molecule has 2 aromatic carbocycles. The fraction of sp³-hybridized carbons (Fsp3) is 0. The molecule has 22 heavy (non-hydrogen) atoms. The van der Waals surface area contributed by atoms with Gasteiger partial charge in [-0.2, -0.15) is 0 Å². The lowest BCUT2D eigenvalue weighted by molar-refractivity contribution is 0.657. The van der Waals surface area contributed by atoms with E-state index >= 15 is 0 Å². The van der Waals surface area contributed by atoms with Crippen LogP contribution in [0.3, 0.4) is 0 Å². The molecule has 6 rings (SSSR count). The quantitative estimate of drug-likeness (QED) is 0.389. The van der Waals surface area contributed by atoms with Crippen LogP contribution in [0.4, 0.5) is 0 Å². The first-order valence-corrected chi connectivity index (χ1v) is 7.20. The van der Waals surface area contributed by atoms with E-state index in [-0.39, 0.29) is 0 Å². The third kappa shape index (κ3) is 1.01. The normalized spacial score (nSPS) is 12.5. The van der Waals surface area contributed by atoms with Gasteiger partial charge in [0, 0.05) is 10.8 Å². The number of benzene rings is 2. The molecule has 0 aliphatic heterocycles. The average Bonchev–Trinajstić information content (AvgIpc) is 3.10. The molecule has 4 heteroatoms. The second-order valence-corrected chi connectivity index (χ2v) is 5.55. The van der Waals surface area contributed by atoms with Crippen molar-refractivity contribution in [1.82, 2.24) is 14.4 Å². The maximum Gasteiger partial charge on any atom is 0.232 e. The van der Waals surface area contributed by atoms with Crippen molar-refractivity contribution >= 4 is 49.5 Å². The van der Waals surface area contributed by atoms with Gasteiger partial charge >= 0.3 is 0 Å². The third-order valence-electron chi connectivity index (χ3n) is 4.48. The molecule has 102 valence electrons. The molecule has 0 saturated carbocycles. The summed E-state index contributed by atoms with van der Waals surface area (Å²) < 4.78 is 8.33. The summed E-state index contributed by atoms with van der Waals surface area (Å²) in [7, 11) is 0. The molecule has 0 unspecified atom stereocenters. The van der Waals surface area contributed by atoms with Crippen molar-refractivity contribution in [2.45, 2.75) is 0 Å². The topological polar surface area (TPSA) is 43.3 Å². The second kappa shape index (κ2) is 3.36. The van der Waals surface area contributed by atoms with Crippen molar-refractivity contribution < 1.29 is 4.42 Å². The fourth-order valence-corrected chi connectivity index (χ4v) is 3.62. The molecular formula is C18H9N3O. The van der Waals surface area contributed by atoms with Crippen LogP contribution in [0.25, 0.3) is 49.5 Å². The highest BCUT2D eigenvalue weighted by Gasteiger charge is 2.22. The van der Waals surface area contributed by atoms with Gasteiger partial charge in [0.15, 0.2) is 5.58 Å². The molecule has 0 amide bonds. The SMILES string of the molecule is c1ccc2c(c1)c1ncnc3oc4c5ccccc5n2c4c31. The molecular weight excluding hydrogens is 274 g/mol. The zero-order valence-corrected chi connectivity index (χ0v) is 11.4. The van der Waals surface area contributed by atoms with Gasteiger partial charge in [-0.3, -0.25) is 0 Å². The molecule has 4 nitrogen and oxygen atoms in total. The number of hydrogen-bond donors (Lipinski definition) is 0. The van der Waals surface area contributed by atoms with Gasteiger partial charge in [-0.05, 0) is 18.2 Å². The van der Waals surface area contributed by atoms with E-state index in [1.807, 2.05) is 12.1 Å². The molecule has 0 N–H and O–H groups in total. The van der Waals surface area contributed by atoms with Crippen molar-refractivity contribution in [3.05, 3.63) is 54.9 Å². The van der Waals surface area contributed by atoms with Gasteiger partial charge in [0.1, 0.15) is 11.8 Å². The molecule has 0 radical (unpaired) electrons. The van der Waals surface area contributed by atoms with E-state index in [2.05, 4.69) is 50.8 Å². The molecule has 0 fully saturated rings. The second-order valence-electron chi connectivity index (χ2n) is 5.55. The average molecular weight is 283 g/mol. The van der Waals surface area contributed by atoms with Gasteiger partial charge in [0.25, 0.3) is 0 Å². The van der Waals surface area contributed by atoms with Gasteiger partial charge in [0.05, 0.1) is 21.9 Å². The van der Waals surface area contributed by atoms with Gasteiger partial charge in [0.2, 0.25) is 5.71 Å². The summed E-state index contributed by atoms with van der Waals surface area (Å²) in [6.45, 7) is 0. The van der Waals surface area contributed by atoms with E-state index in [0.29, 0.717) is 5.71 Å². The highest BCUT2D eigenvalue weighted by Crippen LogP contribution is 2.41. The summed E-state index contributed by atoms with van der Waals surface area (Å²) in [4.78, 5) is 8.83. The number of rotatable bonds is 0. The van der Waals surface area contributed by atoms with Gasteiger partial charge in [-0.25, -0.2) is 9.97 Å². The monoisotopic (exact) mass is 283 g/mol. The van der Waals surface area contributed by atoms with Crippen LogP contribution in [0.5, 0.6) is 0 Å². The van der Waals surface area contributed by atoms with Crippen molar-refractivity contribution in [3.8, 4) is 0 Å². The molecule has 0 aliphatic rings. The maximum atomic E-state index is 6.07. The third-order valence-corrected chi connectivity index (χ3v) is 4.48. The summed E-state index contributed by atoms with van der Waals surface area (Å²) in [6.07, 6.45) is 1.58. The molecule has 0 atom stereocenters. The molecule has 0 saturated heterocycles. The van der Waals surface area contributed by atoms with Crippen LogP contribution >= 0.6 is 0 Å². The summed E-state index contributed by atoms with van der Waals surface area (Å²) in [5, 5.41) is 3.23. The standard InChI is InChI=1S/C18H9N3O/c1-3-7-12-10(5-1)15-14-16-17(22-18(14)20-9-19-15)11-6-2-4-8-13(11)21(12)16/h1-9H. The van der Waals surface area contributed by atoms with Crippen LogP contribution in [0.15, 0.2) is 59.3 Å². The van der Waals surface area contributed by atoms with Crippen LogP contribution in [0.2, 0.25) is 0 Å². The predicted molar refractivity (Wildman–Crippen MR) is 86.5 cm³/mol. The number of aromatic nitrogens is 3. The Balaban J connectivity index is 2.18. The highest BCUT2D eigenvalue weighted by molar-refractivity contribution is 6.25. The van der Waals surface area contributed by atoms with E-state index < -0.39 is 0 Å². The Morgan fingerprint density at radius 1 is 0.818 bits per heavy atom. The summed E-state index contributed by atoms with van der Waals surface area (Å²) >= 11 is 0. The zero-order valence-electron chi connectivity index (χ0n) is 11.4. The van der Waals surface area contributed by atoms with Crippen LogP contribution in [-0.2, 0) is 0 Å². The first-order valence-electron chi connectivity index (χ1n) is 7.20. The Labute approximate surface area is 123 Å². The van der Waals surface area contributed by atoms with Gasteiger partial charge in [-0.1, -0.05) is 30.3 Å². The van der Waals surface area contributed by atoms with Crippen molar-refractivity contribution in [2.75, 3.05) is 0 Å². The molecule has 4 heterocycles. The summed E-state index contributed by atoms with van der Waals surface area (Å²) in [6, 6.07) is 16.7. The molecule has 6 aromatic rings. The summed E-state index contributed by atoms with van der Waals surface area (Å²) in [5.41, 5.74) is 5.87. The molecule has 0 spiro atoms. The Hall–Kier alpha value is -3.14. The number of nitrogens with zero attached hydrogens (tertiary/aromatic N) is 3. The Bertz CT molecular complexity index is 1330. The minimum absolute atomic E-state index is 0.656. The van der Waals surface area contributed by atoms with Crippen LogP contribution in [-0.4, -0.2) is 14.4 Å². The lowest BCUT2D eigenvalue weighted by Crippen LogP contribution is -1.92. The zero-order chi connectivity index (χ0) is 14.3. The lowest BCUT2D eigenvalue weighted by atomic mass is 10.1. The van der Waals surface area contributed by atoms with Crippen LogP contribution in [0.1, 0.15) is 0 Å². The number of hydrogen-bond acceptors (Lipinski definition) is 3. The Morgan fingerprint density at radius 2 is 1.55 bits per heavy atom.